The molecule has 1 amide bonds. The summed E-state index contributed by atoms with van der Waals surface area (Å²) in [7, 11) is 0. The van der Waals surface area contributed by atoms with E-state index in [9.17, 15) is 18.0 Å². The van der Waals surface area contributed by atoms with Gasteiger partial charge in [0.2, 0.25) is 0 Å². The minimum Gasteiger partial charge on any atom is -0.363 e. The molecule has 3 heterocycles. The standard InChI is InChI=1S/C19H20BrF3N4O/c20-13-6-4-12(5-7-13)14-10-16(19(21,22)23)27-17(24-14)11-15(25-27)18(28)26-8-2-1-3-9-26/h4-7,11,14,16,24H,1-3,8-10H2. The number of aromatic nitrogens is 2. The molecule has 2 unspecified atom stereocenters. The average molecular weight is 457 g/mol. The Morgan fingerprint density at radius 1 is 1.14 bits per heavy atom. The van der Waals surface area contributed by atoms with Crippen LogP contribution in [0.15, 0.2) is 34.8 Å². The Hall–Kier alpha value is -2.03. The van der Waals surface area contributed by atoms with Crippen LogP contribution in [0.2, 0.25) is 0 Å². The van der Waals surface area contributed by atoms with Crippen molar-refractivity contribution in [1.82, 2.24) is 14.7 Å². The third-order valence-corrected chi connectivity index (χ3v) is 5.85. The van der Waals surface area contributed by atoms with Crippen molar-refractivity contribution in [2.45, 2.75) is 43.9 Å². The molecule has 1 aromatic carbocycles. The molecule has 28 heavy (non-hydrogen) atoms. The van der Waals surface area contributed by atoms with Gasteiger partial charge >= 0.3 is 6.18 Å². The highest BCUT2D eigenvalue weighted by Crippen LogP contribution is 2.43. The van der Waals surface area contributed by atoms with Crippen LogP contribution in [0.1, 0.15) is 53.8 Å². The molecule has 9 heteroatoms. The molecule has 0 bridgehead atoms. The number of piperidine rings is 1. The molecule has 2 aliphatic rings. The molecule has 5 nitrogen and oxygen atoms in total. The van der Waals surface area contributed by atoms with Crippen molar-refractivity contribution >= 4 is 27.7 Å². The maximum atomic E-state index is 13.7. The second-order valence-electron chi connectivity index (χ2n) is 7.25. The van der Waals surface area contributed by atoms with Gasteiger partial charge in [-0.15, -0.1) is 0 Å². The molecule has 0 radical (unpaired) electrons. The highest BCUT2D eigenvalue weighted by Gasteiger charge is 2.47. The van der Waals surface area contributed by atoms with Gasteiger partial charge in [-0.1, -0.05) is 28.1 Å². The summed E-state index contributed by atoms with van der Waals surface area (Å²) in [6.07, 6.45) is -1.75. The van der Waals surface area contributed by atoms with Crippen LogP contribution in [0.25, 0.3) is 0 Å². The van der Waals surface area contributed by atoms with Gasteiger partial charge in [-0.05, 0) is 37.0 Å². The number of hydrogen-bond donors (Lipinski definition) is 1. The third-order valence-electron chi connectivity index (χ3n) is 5.32. The lowest BCUT2D eigenvalue weighted by molar-refractivity contribution is -0.173. The van der Waals surface area contributed by atoms with Crippen molar-refractivity contribution in [2.75, 3.05) is 18.4 Å². The van der Waals surface area contributed by atoms with E-state index in [0.717, 1.165) is 34.0 Å². The van der Waals surface area contributed by atoms with Crippen molar-refractivity contribution in [1.29, 1.82) is 0 Å². The van der Waals surface area contributed by atoms with Crippen molar-refractivity contribution in [3.63, 3.8) is 0 Å². The lowest BCUT2D eigenvalue weighted by Gasteiger charge is -2.33. The van der Waals surface area contributed by atoms with Crippen molar-refractivity contribution in [2.24, 2.45) is 0 Å². The molecule has 2 aromatic rings. The predicted molar refractivity (Wildman–Crippen MR) is 102 cm³/mol. The topological polar surface area (TPSA) is 50.2 Å². The Kier molecular flexibility index (Phi) is 5.11. The number of fused-ring (bicyclic) bond motifs is 1. The Balaban J connectivity index is 1.65. The average Bonchev–Trinajstić information content (AvgIpc) is 3.11. The van der Waals surface area contributed by atoms with Gasteiger partial charge in [0.25, 0.3) is 5.91 Å². The van der Waals surface area contributed by atoms with Gasteiger partial charge in [-0.2, -0.15) is 18.3 Å². The highest BCUT2D eigenvalue weighted by atomic mass is 79.9. The van der Waals surface area contributed by atoms with E-state index in [4.69, 9.17) is 0 Å². The number of nitrogens with zero attached hydrogens (tertiary/aromatic N) is 3. The number of hydrogen-bond acceptors (Lipinski definition) is 3. The Bertz CT molecular complexity index is 859. The molecule has 1 saturated heterocycles. The summed E-state index contributed by atoms with van der Waals surface area (Å²) in [5, 5.41) is 7.18. The van der Waals surface area contributed by atoms with E-state index < -0.39 is 18.3 Å². The normalized spacial score (nSPS) is 22.5. The zero-order valence-electron chi connectivity index (χ0n) is 15.0. The number of amides is 1. The monoisotopic (exact) mass is 456 g/mol. The largest absolute Gasteiger partial charge is 0.410 e. The number of nitrogens with one attached hydrogen (secondary N) is 1. The SMILES string of the molecule is O=C(c1cc2n(n1)C(C(F)(F)F)CC(c1ccc(Br)cc1)N2)N1CCCCC1. The van der Waals surface area contributed by atoms with Crippen LogP contribution in [-0.4, -0.2) is 39.9 Å². The number of alkyl halides is 3. The van der Waals surface area contributed by atoms with Gasteiger partial charge < -0.3 is 10.2 Å². The van der Waals surface area contributed by atoms with Crippen LogP contribution in [-0.2, 0) is 0 Å². The first-order valence-corrected chi connectivity index (χ1v) is 10.1. The van der Waals surface area contributed by atoms with E-state index in [0.29, 0.717) is 13.1 Å². The summed E-state index contributed by atoms with van der Waals surface area (Å²) in [5.74, 6) is -0.0774. The van der Waals surface area contributed by atoms with Gasteiger partial charge in [-0.3, -0.25) is 4.79 Å². The van der Waals surface area contributed by atoms with Gasteiger partial charge in [0.15, 0.2) is 11.7 Å². The van der Waals surface area contributed by atoms with E-state index in [-0.39, 0.29) is 23.8 Å². The maximum absolute atomic E-state index is 13.7. The number of benzene rings is 1. The number of rotatable bonds is 2. The fourth-order valence-corrected chi connectivity index (χ4v) is 4.11. The minimum absolute atomic E-state index is 0.0649. The van der Waals surface area contributed by atoms with E-state index in [2.05, 4.69) is 26.3 Å². The number of anilines is 1. The first kappa shape index (κ1) is 19.3. The molecule has 0 saturated carbocycles. The minimum atomic E-state index is -4.46. The molecule has 0 aliphatic carbocycles. The fraction of sp³-hybridized carbons (Fsp3) is 0.474. The Labute approximate surface area is 169 Å². The molecule has 4 rings (SSSR count). The van der Waals surface area contributed by atoms with Crippen LogP contribution in [0.3, 0.4) is 0 Å². The summed E-state index contributed by atoms with van der Waals surface area (Å²) >= 11 is 3.34. The smallest absolute Gasteiger partial charge is 0.363 e. The lowest BCUT2D eigenvalue weighted by Crippen LogP contribution is -2.37. The number of carbonyl (C=O) groups is 1. The third kappa shape index (κ3) is 3.76. The number of carbonyl (C=O) groups excluding carboxylic acids is 1. The molecule has 1 aromatic heterocycles. The summed E-state index contributed by atoms with van der Waals surface area (Å²) in [5.41, 5.74) is 0.823. The van der Waals surface area contributed by atoms with Crippen molar-refractivity contribution in [3.05, 3.63) is 46.1 Å². The van der Waals surface area contributed by atoms with E-state index in [1.54, 1.807) is 29.2 Å². The van der Waals surface area contributed by atoms with E-state index in [1.807, 2.05) is 0 Å². The molecule has 2 atom stereocenters. The van der Waals surface area contributed by atoms with Gasteiger partial charge in [0.05, 0.1) is 6.04 Å². The molecule has 0 spiro atoms. The first-order valence-electron chi connectivity index (χ1n) is 9.30. The lowest BCUT2D eigenvalue weighted by atomic mass is 9.97. The second kappa shape index (κ2) is 7.42. The van der Waals surface area contributed by atoms with E-state index >= 15 is 0 Å². The Morgan fingerprint density at radius 3 is 2.46 bits per heavy atom. The Morgan fingerprint density at radius 2 is 1.82 bits per heavy atom. The van der Waals surface area contributed by atoms with Crippen LogP contribution >= 0.6 is 15.9 Å². The second-order valence-corrected chi connectivity index (χ2v) is 8.17. The van der Waals surface area contributed by atoms with E-state index in [1.165, 1.54) is 6.07 Å². The fourth-order valence-electron chi connectivity index (χ4n) is 3.85. The van der Waals surface area contributed by atoms with Crippen LogP contribution in [0, 0.1) is 0 Å². The van der Waals surface area contributed by atoms with Crippen LogP contribution < -0.4 is 5.32 Å². The van der Waals surface area contributed by atoms with Crippen molar-refractivity contribution in [3.8, 4) is 0 Å². The molecule has 2 aliphatic heterocycles. The summed E-state index contributed by atoms with van der Waals surface area (Å²) in [6, 6.07) is 6.35. The zero-order valence-corrected chi connectivity index (χ0v) is 16.6. The maximum Gasteiger partial charge on any atom is 0.410 e. The predicted octanol–water partition coefficient (Wildman–Crippen LogP) is 4.93. The summed E-state index contributed by atoms with van der Waals surface area (Å²) < 4.78 is 43.0. The molecule has 1 fully saturated rings. The summed E-state index contributed by atoms with van der Waals surface area (Å²) in [6.45, 7) is 1.25. The molecule has 1 N–H and O–H groups in total. The zero-order chi connectivity index (χ0) is 19.9. The number of likely N-dealkylation sites (tertiary alicyclic amines) is 1. The highest BCUT2D eigenvalue weighted by molar-refractivity contribution is 9.10. The van der Waals surface area contributed by atoms with Crippen LogP contribution in [0.4, 0.5) is 19.0 Å². The van der Waals surface area contributed by atoms with Gasteiger partial charge in [-0.25, -0.2) is 4.68 Å². The first-order chi connectivity index (χ1) is 13.3. The quantitative estimate of drug-likeness (QED) is 0.696. The van der Waals surface area contributed by atoms with Gasteiger partial charge in [0, 0.05) is 30.0 Å². The number of halogens is 4. The van der Waals surface area contributed by atoms with Crippen LogP contribution in [0.5, 0.6) is 0 Å². The molecule has 150 valence electrons. The summed E-state index contributed by atoms with van der Waals surface area (Å²) in [4.78, 5) is 14.4. The molecular formula is C19H20BrF3N4O. The molecular weight excluding hydrogens is 437 g/mol. The van der Waals surface area contributed by atoms with Crippen molar-refractivity contribution < 1.29 is 18.0 Å². The van der Waals surface area contributed by atoms with Gasteiger partial charge in [0.1, 0.15) is 5.82 Å².